The van der Waals surface area contributed by atoms with Gasteiger partial charge in [0.1, 0.15) is 13.2 Å². The second-order valence-corrected chi connectivity index (χ2v) is 16.7. The lowest BCUT2D eigenvalue weighted by Crippen LogP contribution is -2.30. The lowest BCUT2D eigenvalue weighted by Gasteiger charge is -2.18. The average molecular weight is 947 g/mol. The monoisotopic (exact) mass is 947 g/mol. The van der Waals surface area contributed by atoms with Gasteiger partial charge in [-0.3, -0.25) is 14.4 Å². The van der Waals surface area contributed by atoms with Crippen LogP contribution in [-0.4, -0.2) is 37.2 Å². The smallest absolute Gasteiger partial charge is 0.306 e. The Morgan fingerprint density at radius 3 is 1.09 bits per heavy atom. The molecule has 6 nitrogen and oxygen atoms in total. The molecular formula is C63H94O6. The normalized spacial score (nSPS) is 13.5. The van der Waals surface area contributed by atoms with Crippen molar-refractivity contribution in [3.05, 3.63) is 170 Å². The molecular weight excluding hydrogens is 853 g/mol. The zero-order valence-corrected chi connectivity index (χ0v) is 43.5. The molecule has 0 fully saturated rings. The summed E-state index contributed by atoms with van der Waals surface area (Å²) in [6.07, 6.45) is 82.1. The highest BCUT2D eigenvalue weighted by molar-refractivity contribution is 5.71. The minimum absolute atomic E-state index is 0.137. The molecule has 0 saturated heterocycles. The molecule has 0 rings (SSSR count). The van der Waals surface area contributed by atoms with Crippen molar-refractivity contribution < 1.29 is 28.6 Å². The van der Waals surface area contributed by atoms with E-state index in [2.05, 4.69) is 142 Å². The maximum absolute atomic E-state index is 12.8. The van der Waals surface area contributed by atoms with Crippen LogP contribution >= 0.6 is 0 Å². The number of rotatable bonds is 45. The number of esters is 3. The van der Waals surface area contributed by atoms with Gasteiger partial charge in [0.15, 0.2) is 6.10 Å². The van der Waals surface area contributed by atoms with Crippen molar-refractivity contribution in [3.8, 4) is 0 Å². The zero-order valence-electron chi connectivity index (χ0n) is 43.5. The molecule has 0 spiro atoms. The van der Waals surface area contributed by atoms with E-state index in [0.717, 1.165) is 122 Å². The van der Waals surface area contributed by atoms with Crippen LogP contribution in [0.4, 0.5) is 0 Å². The van der Waals surface area contributed by atoms with Gasteiger partial charge in [0.2, 0.25) is 0 Å². The number of carbonyl (C=O) groups excluding carboxylic acids is 3. The first-order valence-corrected chi connectivity index (χ1v) is 26.7. The summed E-state index contributed by atoms with van der Waals surface area (Å²) in [6.45, 7) is 6.13. The molecule has 0 N–H and O–H groups in total. The summed E-state index contributed by atoms with van der Waals surface area (Å²) in [7, 11) is 0. The third kappa shape index (κ3) is 53.6. The van der Waals surface area contributed by atoms with Crippen LogP contribution in [0.25, 0.3) is 0 Å². The van der Waals surface area contributed by atoms with Gasteiger partial charge < -0.3 is 14.2 Å². The number of hydrogen-bond acceptors (Lipinski definition) is 6. The van der Waals surface area contributed by atoms with Crippen molar-refractivity contribution in [2.24, 2.45) is 0 Å². The lowest BCUT2D eigenvalue weighted by atomic mass is 10.1. The number of ether oxygens (including phenoxy) is 3. The lowest BCUT2D eigenvalue weighted by molar-refractivity contribution is -0.166. The Bertz CT molecular complexity index is 1650. The zero-order chi connectivity index (χ0) is 50.0. The van der Waals surface area contributed by atoms with Crippen molar-refractivity contribution in [2.75, 3.05) is 13.2 Å². The Hall–Kier alpha value is -5.23. The van der Waals surface area contributed by atoms with Gasteiger partial charge in [0, 0.05) is 19.3 Å². The minimum atomic E-state index is -0.842. The summed E-state index contributed by atoms with van der Waals surface area (Å²) < 4.78 is 16.7. The minimum Gasteiger partial charge on any atom is -0.462 e. The predicted octanol–water partition coefficient (Wildman–Crippen LogP) is 18.0. The van der Waals surface area contributed by atoms with E-state index in [-0.39, 0.29) is 50.4 Å². The third-order valence-electron chi connectivity index (χ3n) is 10.3. The first kappa shape index (κ1) is 63.8. The van der Waals surface area contributed by atoms with Crippen LogP contribution in [0.2, 0.25) is 0 Å². The van der Waals surface area contributed by atoms with Gasteiger partial charge in [0.25, 0.3) is 0 Å². The van der Waals surface area contributed by atoms with Gasteiger partial charge in [-0.25, -0.2) is 0 Å². The molecule has 69 heavy (non-hydrogen) atoms. The van der Waals surface area contributed by atoms with E-state index < -0.39 is 6.10 Å². The molecule has 0 radical (unpaired) electrons. The summed E-state index contributed by atoms with van der Waals surface area (Å²) in [4.78, 5) is 38.0. The fourth-order valence-corrected chi connectivity index (χ4v) is 6.41. The summed E-state index contributed by atoms with van der Waals surface area (Å²) in [5.41, 5.74) is 0. The molecule has 1 unspecified atom stereocenters. The molecule has 0 aromatic carbocycles. The van der Waals surface area contributed by atoms with E-state index in [1.165, 1.54) is 12.8 Å². The maximum Gasteiger partial charge on any atom is 0.306 e. The SMILES string of the molecule is CC/C=C/C=C/C=C/C=C/CCCCCC(=O)OCC(COC(=O)CC/C=C/C/C=C/C/C=C/C/C=C/C/C=C/C/C=C/CC)OC(=O)CCCCCCCC/C=C/C/C=C/C/C=C/C/C=C/CC. The topological polar surface area (TPSA) is 78.9 Å². The van der Waals surface area contributed by atoms with E-state index in [1.807, 2.05) is 48.6 Å². The first-order chi connectivity index (χ1) is 34.0. The average Bonchev–Trinajstić information content (AvgIpc) is 3.35. The molecule has 0 aliphatic heterocycles. The van der Waals surface area contributed by atoms with Crippen molar-refractivity contribution in [2.45, 2.75) is 194 Å². The van der Waals surface area contributed by atoms with E-state index in [4.69, 9.17) is 14.2 Å². The van der Waals surface area contributed by atoms with Crippen LogP contribution in [0, 0.1) is 0 Å². The van der Waals surface area contributed by atoms with Crippen molar-refractivity contribution in [1.82, 2.24) is 0 Å². The highest BCUT2D eigenvalue weighted by atomic mass is 16.6. The molecule has 0 saturated carbocycles. The summed E-state index contributed by atoms with van der Waals surface area (Å²) in [6, 6.07) is 0. The highest BCUT2D eigenvalue weighted by Gasteiger charge is 2.19. The standard InChI is InChI=1S/C63H94O6/c1-4-7-10-13-16-19-22-25-27-29-31-33-35-38-41-44-47-50-53-56-62(65)68-59-60(58-67-61(64)55-52-49-46-43-40-37-24-21-18-15-12-9-6-3)69-63(66)57-54-51-48-45-42-39-36-34-32-30-28-26-23-20-17-14-11-8-5-2/h7-12,15-21,24-28,31-34,37-38,40-41,47,50,60H,4-6,13-14,22-23,29-30,35-36,39,42-46,48-49,51-59H2,1-3H3/b10-7+,11-8+,12-9+,18-15+,19-16+,20-17+,24-21+,27-25+,28-26+,33-31+,34-32+,40-37+,41-38+,50-47+. The molecule has 0 aromatic rings. The first-order valence-electron chi connectivity index (χ1n) is 26.7. The number of hydrogen-bond donors (Lipinski definition) is 0. The Kier molecular flexibility index (Phi) is 51.2. The van der Waals surface area contributed by atoms with Crippen LogP contribution in [0.15, 0.2) is 170 Å². The number of unbranched alkanes of at least 4 members (excludes halogenated alkanes) is 9. The van der Waals surface area contributed by atoms with Crippen LogP contribution in [0.5, 0.6) is 0 Å². The summed E-state index contributed by atoms with van der Waals surface area (Å²) in [5, 5.41) is 0. The number of carbonyl (C=O) groups is 3. The van der Waals surface area contributed by atoms with Crippen molar-refractivity contribution in [1.29, 1.82) is 0 Å². The molecule has 382 valence electrons. The van der Waals surface area contributed by atoms with Gasteiger partial charge in [-0.2, -0.15) is 0 Å². The van der Waals surface area contributed by atoms with Crippen LogP contribution < -0.4 is 0 Å². The number of allylic oxidation sites excluding steroid dienone is 28. The molecule has 6 heteroatoms. The fraction of sp³-hybridized carbons (Fsp3) is 0.508. The van der Waals surface area contributed by atoms with Crippen LogP contribution in [-0.2, 0) is 28.6 Å². The van der Waals surface area contributed by atoms with E-state index in [1.54, 1.807) is 0 Å². The Balaban J connectivity index is 4.61. The van der Waals surface area contributed by atoms with E-state index >= 15 is 0 Å². The largest absolute Gasteiger partial charge is 0.462 e. The molecule has 0 bridgehead atoms. The van der Waals surface area contributed by atoms with Gasteiger partial charge in [-0.15, -0.1) is 0 Å². The third-order valence-corrected chi connectivity index (χ3v) is 10.3. The van der Waals surface area contributed by atoms with Gasteiger partial charge >= 0.3 is 17.9 Å². The molecule has 1 atom stereocenters. The molecule has 0 aliphatic carbocycles. The van der Waals surface area contributed by atoms with E-state index in [9.17, 15) is 14.4 Å². The predicted molar refractivity (Wildman–Crippen MR) is 297 cm³/mol. The molecule has 0 heterocycles. The van der Waals surface area contributed by atoms with Crippen molar-refractivity contribution >= 4 is 17.9 Å². The van der Waals surface area contributed by atoms with E-state index in [0.29, 0.717) is 12.8 Å². The quantitative estimate of drug-likeness (QED) is 0.0199. The Morgan fingerprint density at radius 2 is 0.623 bits per heavy atom. The van der Waals surface area contributed by atoms with Crippen molar-refractivity contribution in [3.63, 3.8) is 0 Å². The summed E-state index contributed by atoms with van der Waals surface area (Å²) >= 11 is 0. The molecule has 0 amide bonds. The van der Waals surface area contributed by atoms with Gasteiger partial charge in [-0.1, -0.05) is 223 Å². The van der Waals surface area contributed by atoms with Gasteiger partial charge in [0.05, 0.1) is 0 Å². The Labute approximate surface area is 422 Å². The summed E-state index contributed by atoms with van der Waals surface area (Å²) in [5.74, 6) is -1.09. The second kappa shape index (κ2) is 55.4. The van der Waals surface area contributed by atoms with Crippen LogP contribution in [0.1, 0.15) is 188 Å². The fourth-order valence-electron chi connectivity index (χ4n) is 6.41. The maximum atomic E-state index is 12.8. The Morgan fingerprint density at radius 1 is 0.304 bits per heavy atom. The van der Waals surface area contributed by atoms with Crippen LogP contribution in [0.3, 0.4) is 0 Å². The molecule has 0 aromatic heterocycles. The second-order valence-electron chi connectivity index (χ2n) is 16.7. The molecule has 0 aliphatic rings. The highest BCUT2D eigenvalue weighted by Crippen LogP contribution is 2.12. The van der Waals surface area contributed by atoms with Gasteiger partial charge in [-0.05, 0) is 116 Å².